The molecule has 1 unspecified atom stereocenters. The Hall–Kier alpha value is -0.0800. The molecule has 11 heavy (non-hydrogen) atoms. The summed E-state index contributed by atoms with van der Waals surface area (Å²) in [7, 11) is 2.16. The van der Waals surface area contributed by atoms with E-state index in [1.54, 1.807) is 0 Å². The van der Waals surface area contributed by atoms with Crippen molar-refractivity contribution in [3.8, 4) is 0 Å². The minimum atomic E-state index is 0.0764. The van der Waals surface area contributed by atoms with E-state index in [1.807, 2.05) is 0 Å². The van der Waals surface area contributed by atoms with Crippen LogP contribution in [-0.2, 0) is 4.74 Å². The van der Waals surface area contributed by atoms with Crippen LogP contribution in [0.4, 0.5) is 0 Å². The highest BCUT2D eigenvalue weighted by Gasteiger charge is 2.33. The molecule has 2 nitrogen and oxygen atoms in total. The van der Waals surface area contributed by atoms with Gasteiger partial charge in [-0.15, -0.1) is 0 Å². The van der Waals surface area contributed by atoms with Crippen LogP contribution in [0.15, 0.2) is 0 Å². The zero-order valence-electron chi connectivity index (χ0n) is 8.05. The van der Waals surface area contributed by atoms with Crippen LogP contribution in [0.25, 0.3) is 0 Å². The van der Waals surface area contributed by atoms with Crippen molar-refractivity contribution in [1.82, 2.24) is 4.90 Å². The summed E-state index contributed by atoms with van der Waals surface area (Å²) in [6, 6.07) is 0. The Bertz CT molecular complexity index is 136. The number of likely N-dealkylation sites (N-methyl/N-ethyl adjacent to an activating group) is 1. The van der Waals surface area contributed by atoms with Gasteiger partial charge < -0.3 is 9.64 Å². The summed E-state index contributed by atoms with van der Waals surface area (Å²) in [5.41, 5.74) is 0.0764. The first kappa shape index (κ1) is 9.01. The second kappa shape index (κ2) is 3.11. The van der Waals surface area contributed by atoms with E-state index >= 15 is 0 Å². The van der Waals surface area contributed by atoms with Gasteiger partial charge in [-0.05, 0) is 19.9 Å². The largest absolute Gasteiger partial charge is 0.372 e. The van der Waals surface area contributed by atoms with Crippen LogP contribution in [0.1, 0.15) is 20.8 Å². The monoisotopic (exact) mass is 157 g/mol. The average molecular weight is 157 g/mol. The van der Waals surface area contributed by atoms with Gasteiger partial charge in [0, 0.05) is 13.1 Å². The van der Waals surface area contributed by atoms with E-state index in [4.69, 9.17) is 4.74 Å². The number of nitrogens with zero attached hydrogens (tertiary/aromatic N) is 1. The van der Waals surface area contributed by atoms with Crippen LogP contribution in [-0.4, -0.2) is 37.2 Å². The van der Waals surface area contributed by atoms with E-state index < -0.39 is 0 Å². The van der Waals surface area contributed by atoms with Crippen molar-refractivity contribution < 1.29 is 4.74 Å². The molecule has 1 aliphatic heterocycles. The lowest BCUT2D eigenvalue weighted by Crippen LogP contribution is -2.51. The predicted molar refractivity (Wildman–Crippen MR) is 46.7 cm³/mol. The minimum Gasteiger partial charge on any atom is -0.372 e. The fourth-order valence-corrected chi connectivity index (χ4v) is 1.44. The molecule has 1 rings (SSSR count). The number of morpholine rings is 1. The van der Waals surface area contributed by atoms with Gasteiger partial charge in [-0.25, -0.2) is 0 Å². The molecular weight excluding hydrogens is 138 g/mol. The van der Waals surface area contributed by atoms with Gasteiger partial charge in [0.05, 0.1) is 12.2 Å². The maximum atomic E-state index is 5.76. The van der Waals surface area contributed by atoms with Gasteiger partial charge in [0.25, 0.3) is 0 Å². The smallest absolute Gasteiger partial charge is 0.0804 e. The molecule has 1 atom stereocenters. The molecule has 0 aliphatic carbocycles. The lowest BCUT2D eigenvalue weighted by Gasteiger charge is -2.41. The molecule has 0 aromatic rings. The first-order valence-electron chi connectivity index (χ1n) is 4.37. The van der Waals surface area contributed by atoms with Crippen LogP contribution >= 0.6 is 0 Å². The van der Waals surface area contributed by atoms with E-state index in [1.165, 1.54) is 0 Å². The molecule has 2 heteroatoms. The Morgan fingerprint density at radius 1 is 1.45 bits per heavy atom. The molecule has 0 aromatic heterocycles. The van der Waals surface area contributed by atoms with E-state index in [0.29, 0.717) is 5.92 Å². The van der Waals surface area contributed by atoms with Crippen molar-refractivity contribution in [2.75, 3.05) is 26.7 Å². The Kier molecular flexibility index (Phi) is 2.55. The maximum Gasteiger partial charge on any atom is 0.0804 e. The van der Waals surface area contributed by atoms with E-state index in [0.717, 1.165) is 19.7 Å². The highest BCUT2D eigenvalue weighted by Crippen LogP contribution is 2.24. The van der Waals surface area contributed by atoms with Crippen molar-refractivity contribution in [3.63, 3.8) is 0 Å². The second-order valence-corrected chi connectivity index (χ2v) is 4.05. The summed E-state index contributed by atoms with van der Waals surface area (Å²) in [5.74, 6) is 0.602. The van der Waals surface area contributed by atoms with Crippen LogP contribution < -0.4 is 0 Å². The first-order chi connectivity index (χ1) is 5.04. The second-order valence-electron chi connectivity index (χ2n) is 4.05. The fraction of sp³-hybridized carbons (Fsp3) is 1.00. The molecule has 66 valence electrons. The molecule has 1 saturated heterocycles. The van der Waals surface area contributed by atoms with Crippen molar-refractivity contribution in [2.24, 2.45) is 5.92 Å². The predicted octanol–water partition coefficient (Wildman–Crippen LogP) is 1.36. The summed E-state index contributed by atoms with van der Waals surface area (Å²) in [6.07, 6.45) is 0. The third-order valence-corrected chi connectivity index (χ3v) is 2.71. The molecule has 0 radical (unpaired) electrons. The van der Waals surface area contributed by atoms with Gasteiger partial charge in [-0.2, -0.15) is 0 Å². The Balaban J connectivity index is 2.55. The Morgan fingerprint density at radius 3 is 2.45 bits per heavy atom. The minimum absolute atomic E-state index is 0.0764. The molecular formula is C9H19NO. The SMILES string of the molecule is CC(C)C1(C)CN(C)CCO1. The molecule has 1 heterocycles. The molecule has 0 bridgehead atoms. The third-order valence-electron chi connectivity index (χ3n) is 2.71. The highest BCUT2D eigenvalue weighted by atomic mass is 16.5. The van der Waals surface area contributed by atoms with Crippen molar-refractivity contribution in [2.45, 2.75) is 26.4 Å². The lowest BCUT2D eigenvalue weighted by molar-refractivity contribution is -0.117. The molecule has 0 aromatic carbocycles. The number of ether oxygens (including phenoxy) is 1. The molecule has 0 spiro atoms. The zero-order chi connectivity index (χ0) is 8.48. The Labute approximate surface area is 69.5 Å². The molecule has 1 fully saturated rings. The van der Waals surface area contributed by atoms with Gasteiger partial charge in [-0.1, -0.05) is 13.8 Å². The van der Waals surface area contributed by atoms with Crippen molar-refractivity contribution >= 4 is 0 Å². The van der Waals surface area contributed by atoms with Crippen molar-refractivity contribution in [1.29, 1.82) is 0 Å². The van der Waals surface area contributed by atoms with Gasteiger partial charge in [-0.3, -0.25) is 0 Å². The van der Waals surface area contributed by atoms with Gasteiger partial charge in [0.15, 0.2) is 0 Å². The lowest BCUT2D eigenvalue weighted by atomic mass is 9.91. The number of rotatable bonds is 1. The number of hydrogen-bond acceptors (Lipinski definition) is 2. The van der Waals surface area contributed by atoms with Crippen molar-refractivity contribution in [3.05, 3.63) is 0 Å². The van der Waals surface area contributed by atoms with E-state index in [-0.39, 0.29) is 5.60 Å². The normalized spacial score (nSPS) is 34.6. The third kappa shape index (κ3) is 1.94. The standard InChI is InChI=1S/C9H19NO/c1-8(2)9(3)7-10(4)5-6-11-9/h8H,5-7H2,1-4H3. The Morgan fingerprint density at radius 2 is 2.09 bits per heavy atom. The van der Waals surface area contributed by atoms with Crippen LogP contribution in [0.3, 0.4) is 0 Å². The summed E-state index contributed by atoms with van der Waals surface area (Å²) in [5, 5.41) is 0. The summed E-state index contributed by atoms with van der Waals surface area (Å²) in [6.45, 7) is 9.66. The number of hydrogen-bond donors (Lipinski definition) is 0. The van der Waals surface area contributed by atoms with Crippen LogP contribution in [0.2, 0.25) is 0 Å². The van der Waals surface area contributed by atoms with E-state index in [9.17, 15) is 0 Å². The molecule has 1 aliphatic rings. The topological polar surface area (TPSA) is 12.5 Å². The summed E-state index contributed by atoms with van der Waals surface area (Å²) < 4.78 is 5.76. The fourth-order valence-electron chi connectivity index (χ4n) is 1.44. The molecule has 0 saturated carbocycles. The van der Waals surface area contributed by atoms with Gasteiger partial charge >= 0.3 is 0 Å². The zero-order valence-corrected chi connectivity index (χ0v) is 8.05. The van der Waals surface area contributed by atoms with Gasteiger partial charge in [0.1, 0.15) is 0 Å². The molecule has 0 amide bonds. The molecule has 0 N–H and O–H groups in total. The van der Waals surface area contributed by atoms with E-state index in [2.05, 4.69) is 32.7 Å². The first-order valence-corrected chi connectivity index (χ1v) is 4.37. The van der Waals surface area contributed by atoms with Crippen LogP contribution in [0, 0.1) is 5.92 Å². The average Bonchev–Trinajstić information content (AvgIpc) is 1.86. The summed E-state index contributed by atoms with van der Waals surface area (Å²) in [4.78, 5) is 2.34. The van der Waals surface area contributed by atoms with Gasteiger partial charge in [0.2, 0.25) is 0 Å². The summed E-state index contributed by atoms with van der Waals surface area (Å²) >= 11 is 0. The highest BCUT2D eigenvalue weighted by molar-refractivity contribution is 4.85. The van der Waals surface area contributed by atoms with Crippen LogP contribution in [0.5, 0.6) is 0 Å². The maximum absolute atomic E-state index is 5.76. The quantitative estimate of drug-likeness (QED) is 0.570.